The van der Waals surface area contributed by atoms with Crippen LogP contribution in [0.3, 0.4) is 0 Å². The van der Waals surface area contributed by atoms with Gasteiger partial charge in [0, 0.05) is 11.1 Å². The van der Waals surface area contributed by atoms with Gasteiger partial charge in [0.1, 0.15) is 0 Å². The molecule has 0 N–H and O–H groups in total. The first-order valence-corrected chi connectivity index (χ1v) is 5.24. The van der Waals surface area contributed by atoms with E-state index >= 15 is 0 Å². The normalized spacial score (nSPS) is 10.0. The average Bonchev–Trinajstić information content (AvgIpc) is 2.42. The Labute approximate surface area is 88.0 Å². The molecular weight excluding hydrogens is 196 g/mol. The van der Waals surface area contributed by atoms with Gasteiger partial charge in [-0.05, 0) is 21.0 Å². The first-order chi connectivity index (χ1) is 6.61. The summed E-state index contributed by atoms with van der Waals surface area (Å²) in [5.41, 5.74) is 0.985. The minimum atomic E-state index is 0.0710. The maximum absolute atomic E-state index is 11.3. The summed E-state index contributed by atoms with van der Waals surface area (Å²) in [6, 6.07) is 0. The highest BCUT2D eigenvalue weighted by atomic mass is 32.1. The molecule has 0 saturated heterocycles. The Morgan fingerprint density at radius 1 is 1.50 bits per heavy atom. The van der Waals surface area contributed by atoms with E-state index in [0.717, 1.165) is 12.2 Å². The number of rotatable bonds is 2. The van der Waals surface area contributed by atoms with Gasteiger partial charge in [0.2, 0.25) is 0 Å². The summed E-state index contributed by atoms with van der Waals surface area (Å²) in [6.07, 6.45) is 0. The zero-order valence-corrected chi connectivity index (χ0v) is 9.52. The Bertz CT molecular complexity index is 406. The summed E-state index contributed by atoms with van der Waals surface area (Å²) in [5, 5.41) is 1.86. The first kappa shape index (κ1) is 11.0. The maximum atomic E-state index is 11.3. The zero-order chi connectivity index (χ0) is 10.6. The lowest BCUT2D eigenvalue weighted by molar-refractivity contribution is 0.463. The van der Waals surface area contributed by atoms with Gasteiger partial charge >= 0.3 is 4.87 Å². The van der Waals surface area contributed by atoms with Crippen molar-refractivity contribution in [2.24, 2.45) is 0 Å². The van der Waals surface area contributed by atoms with E-state index in [4.69, 9.17) is 0 Å². The Hall–Kier alpha value is -1.05. The second-order valence-electron chi connectivity index (χ2n) is 3.32. The molecule has 0 aliphatic rings. The van der Waals surface area contributed by atoms with E-state index in [1.54, 1.807) is 4.57 Å². The molecule has 0 bridgehead atoms. The third kappa shape index (κ3) is 3.02. The van der Waals surface area contributed by atoms with Crippen LogP contribution in [0.2, 0.25) is 0 Å². The fraction of sp³-hybridized carbons (Fsp3) is 0.500. The lowest BCUT2D eigenvalue weighted by atomic mass is 10.5. The molecule has 0 aliphatic heterocycles. The minimum absolute atomic E-state index is 0.0710. The van der Waals surface area contributed by atoms with Crippen LogP contribution in [0.5, 0.6) is 0 Å². The van der Waals surface area contributed by atoms with Crippen molar-refractivity contribution in [3.8, 4) is 11.8 Å². The van der Waals surface area contributed by atoms with Gasteiger partial charge in [0.25, 0.3) is 0 Å². The SMILES string of the molecule is Cc1csc(=O)n1CC#CCN(C)C. The van der Waals surface area contributed by atoms with Gasteiger partial charge in [0.15, 0.2) is 0 Å². The van der Waals surface area contributed by atoms with Gasteiger partial charge in [-0.1, -0.05) is 23.2 Å². The van der Waals surface area contributed by atoms with Gasteiger partial charge in [-0.3, -0.25) is 14.3 Å². The first-order valence-electron chi connectivity index (χ1n) is 4.36. The summed E-state index contributed by atoms with van der Waals surface area (Å²) in [6.45, 7) is 3.16. The van der Waals surface area contributed by atoms with Crippen LogP contribution >= 0.6 is 11.3 Å². The summed E-state index contributed by atoms with van der Waals surface area (Å²) >= 11 is 1.22. The van der Waals surface area contributed by atoms with Crippen molar-refractivity contribution in [1.29, 1.82) is 0 Å². The Balaban J connectivity index is 2.60. The molecule has 76 valence electrons. The van der Waals surface area contributed by atoms with E-state index in [0.29, 0.717) is 6.54 Å². The van der Waals surface area contributed by atoms with Crippen LogP contribution in [0.15, 0.2) is 10.2 Å². The molecule has 0 aliphatic carbocycles. The van der Waals surface area contributed by atoms with Gasteiger partial charge in [-0.15, -0.1) is 0 Å². The predicted octanol–water partition coefficient (Wildman–Crippen LogP) is 0.783. The smallest absolute Gasteiger partial charge is 0.299 e. The standard InChI is InChI=1S/C10H14N2OS/c1-9-8-14-10(13)12(9)7-5-4-6-11(2)3/h8H,6-7H2,1-3H3. The molecule has 0 saturated carbocycles. The maximum Gasteiger partial charge on any atom is 0.308 e. The molecule has 0 radical (unpaired) electrons. The zero-order valence-electron chi connectivity index (χ0n) is 8.70. The number of aromatic nitrogens is 1. The second-order valence-corrected chi connectivity index (χ2v) is 4.14. The number of hydrogen-bond acceptors (Lipinski definition) is 3. The summed E-state index contributed by atoms with van der Waals surface area (Å²) in [5.74, 6) is 5.98. The van der Waals surface area contributed by atoms with Crippen molar-refractivity contribution in [2.75, 3.05) is 20.6 Å². The van der Waals surface area contributed by atoms with E-state index in [1.165, 1.54) is 11.3 Å². The molecule has 0 amide bonds. The van der Waals surface area contributed by atoms with E-state index in [2.05, 4.69) is 11.8 Å². The molecule has 0 spiro atoms. The van der Waals surface area contributed by atoms with Crippen molar-refractivity contribution < 1.29 is 0 Å². The molecule has 1 heterocycles. The highest BCUT2D eigenvalue weighted by Gasteiger charge is 1.98. The Morgan fingerprint density at radius 3 is 2.71 bits per heavy atom. The largest absolute Gasteiger partial charge is 0.308 e. The third-order valence-corrected chi connectivity index (χ3v) is 2.61. The van der Waals surface area contributed by atoms with Crippen molar-refractivity contribution in [3.05, 3.63) is 20.7 Å². The van der Waals surface area contributed by atoms with E-state index in [-0.39, 0.29) is 4.87 Å². The van der Waals surface area contributed by atoms with Crippen LogP contribution < -0.4 is 4.87 Å². The van der Waals surface area contributed by atoms with E-state index < -0.39 is 0 Å². The van der Waals surface area contributed by atoms with Crippen LogP contribution in [0, 0.1) is 18.8 Å². The summed E-state index contributed by atoms with van der Waals surface area (Å²) in [7, 11) is 3.94. The third-order valence-electron chi connectivity index (χ3n) is 1.73. The summed E-state index contributed by atoms with van der Waals surface area (Å²) in [4.78, 5) is 13.3. The number of nitrogens with zero attached hydrogens (tertiary/aromatic N) is 2. The van der Waals surface area contributed by atoms with Crippen molar-refractivity contribution in [3.63, 3.8) is 0 Å². The monoisotopic (exact) mass is 210 g/mol. The molecule has 14 heavy (non-hydrogen) atoms. The molecule has 0 fully saturated rings. The summed E-state index contributed by atoms with van der Waals surface area (Å²) < 4.78 is 1.69. The Morgan fingerprint density at radius 2 is 2.21 bits per heavy atom. The number of thiazole rings is 1. The van der Waals surface area contributed by atoms with Gasteiger partial charge in [-0.2, -0.15) is 0 Å². The second kappa shape index (κ2) is 4.99. The molecule has 0 aromatic carbocycles. The number of hydrogen-bond donors (Lipinski definition) is 0. The molecule has 1 aromatic rings. The fourth-order valence-electron chi connectivity index (χ4n) is 0.945. The van der Waals surface area contributed by atoms with Gasteiger partial charge in [0.05, 0.1) is 13.1 Å². The lowest BCUT2D eigenvalue weighted by Gasteiger charge is -2.01. The quantitative estimate of drug-likeness (QED) is 0.674. The number of aryl methyl sites for hydroxylation is 1. The molecule has 1 rings (SSSR count). The molecule has 0 unspecified atom stereocenters. The molecule has 3 nitrogen and oxygen atoms in total. The van der Waals surface area contributed by atoms with Crippen molar-refractivity contribution >= 4 is 11.3 Å². The lowest BCUT2D eigenvalue weighted by Crippen LogP contribution is -2.14. The predicted molar refractivity (Wildman–Crippen MR) is 59.6 cm³/mol. The van der Waals surface area contributed by atoms with E-state index in [1.807, 2.05) is 31.3 Å². The highest BCUT2D eigenvalue weighted by Crippen LogP contribution is 1.97. The van der Waals surface area contributed by atoms with Crippen LogP contribution in [0.25, 0.3) is 0 Å². The van der Waals surface area contributed by atoms with E-state index in [9.17, 15) is 4.79 Å². The molecule has 4 heteroatoms. The Kier molecular flexibility index (Phi) is 3.93. The van der Waals surface area contributed by atoms with Crippen molar-refractivity contribution in [1.82, 2.24) is 9.47 Å². The minimum Gasteiger partial charge on any atom is -0.299 e. The van der Waals surface area contributed by atoms with Crippen LogP contribution in [0.1, 0.15) is 5.69 Å². The fourth-order valence-corrected chi connectivity index (χ4v) is 1.68. The van der Waals surface area contributed by atoms with Gasteiger partial charge < -0.3 is 0 Å². The van der Waals surface area contributed by atoms with Gasteiger partial charge in [-0.25, -0.2) is 0 Å². The molecule has 1 aromatic heterocycles. The highest BCUT2D eigenvalue weighted by molar-refractivity contribution is 7.07. The van der Waals surface area contributed by atoms with Crippen LogP contribution in [-0.2, 0) is 6.54 Å². The topological polar surface area (TPSA) is 25.2 Å². The van der Waals surface area contributed by atoms with Crippen molar-refractivity contribution in [2.45, 2.75) is 13.5 Å². The van der Waals surface area contributed by atoms with Crippen LogP contribution in [-0.4, -0.2) is 30.1 Å². The molecular formula is C10H14N2OS. The van der Waals surface area contributed by atoms with Crippen LogP contribution in [0.4, 0.5) is 0 Å². The molecule has 0 atom stereocenters. The average molecular weight is 210 g/mol.